The summed E-state index contributed by atoms with van der Waals surface area (Å²) in [6, 6.07) is 0. The first-order valence-corrected chi connectivity index (χ1v) is 5.69. The van der Waals surface area contributed by atoms with Crippen LogP contribution in [0.2, 0.25) is 0 Å². The fraction of sp³-hybridized carbons (Fsp3) is 1.00. The van der Waals surface area contributed by atoms with Gasteiger partial charge < -0.3 is 11.1 Å². The monoisotopic (exact) mass is 182 g/mol. The maximum atomic E-state index is 5.75. The molecule has 0 amide bonds. The third-order valence-corrected chi connectivity index (χ3v) is 3.91. The Morgan fingerprint density at radius 2 is 2.00 bits per heavy atom. The molecule has 0 aromatic rings. The second-order valence-corrected chi connectivity index (χ2v) is 5.13. The molecule has 2 aliphatic rings. The molecular weight excluding hydrogens is 160 g/mol. The second kappa shape index (κ2) is 3.58. The van der Waals surface area contributed by atoms with Crippen LogP contribution in [0.3, 0.4) is 0 Å². The van der Waals surface area contributed by atoms with Gasteiger partial charge in [-0.3, -0.25) is 0 Å². The first-order chi connectivity index (χ1) is 6.23. The fourth-order valence-electron chi connectivity index (χ4n) is 2.43. The van der Waals surface area contributed by atoms with Crippen LogP contribution in [-0.2, 0) is 0 Å². The molecule has 2 unspecified atom stereocenters. The molecule has 2 atom stereocenters. The van der Waals surface area contributed by atoms with E-state index < -0.39 is 0 Å². The molecule has 2 saturated carbocycles. The molecule has 2 rings (SSSR count). The minimum Gasteiger partial charge on any atom is -0.330 e. The van der Waals surface area contributed by atoms with Crippen molar-refractivity contribution in [2.24, 2.45) is 17.6 Å². The minimum absolute atomic E-state index is 0.502. The van der Waals surface area contributed by atoms with Crippen LogP contribution in [-0.4, -0.2) is 18.6 Å². The van der Waals surface area contributed by atoms with Crippen LogP contribution < -0.4 is 11.1 Å². The van der Waals surface area contributed by atoms with E-state index >= 15 is 0 Å². The average Bonchev–Trinajstić information content (AvgIpc) is 2.69. The van der Waals surface area contributed by atoms with Gasteiger partial charge in [-0.25, -0.2) is 0 Å². The molecular formula is C11H22N2. The van der Waals surface area contributed by atoms with E-state index in [1.807, 2.05) is 0 Å². The first kappa shape index (κ1) is 9.47. The lowest BCUT2D eigenvalue weighted by atomic mass is 9.96. The Morgan fingerprint density at radius 3 is 2.62 bits per heavy atom. The van der Waals surface area contributed by atoms with Gasteiger partial charge in [0.15, 0.2) is 0 Å². The number of hydrogen-bond donors (Lipinski definition) is 2. The van der Waals surface area contributed by atoms with Crippen LogP contribution in [0.15, 0.2) is 0 Å². The summed E-state index contributed by atoms with van der Waals surface area (Å²) in [5.74, 6) is 1.66. The lowest BCUT2D eigenvalue weighted by molar-refractivity contribution is 0.352. The summed E-state index contributed by atoms with van der Waals surface area (Å²) < 4.78 is 0. The molecule has 0 saturated heterocycles. The van der Waals surface area contributed by atoms with Crippen molar-refractivity contribution in [2.45, 2.75) is 44.6 Å². The highest BCUT2D eigenvalue weighted by atomic mass is 15.0. The van der Waals surface area contributed by atoms with Gasteiger partial charge in [0.1, 0.15) is 0 Å². The number of nitrogens with one attached hydrogen (secondary N) is 1. The lowest BCUT2D eigenvalue weighted by Gasteiger charge is -2.21. The van der Waals surface area contributed by atoms with E-state index in [4.69, 9.17) is 5.73 Å². The third kappa shape index (κ3) is 2.23. The van der Waals surface area contributed by atoms with Crippen LogP contribution >= 0.6 is 0 Å². The van der Waals surface area contributed by atoms with E-state index in [1.54, 1.807) is 0 Å². The number of hydrogen-bond acceptors (Lipinski definition) is 2. The predicted molar refractivity (Wildman–Crippen MR) is 55.5 cm³/mol. The Labute approximate surface area is 81.3 Å². The molecule has 76 valence electrons. The Kier molecular flexibility index (Phi) is 2.61. The van der Waals surface area contributed by atoms with Gasteiger partial charge in [-0.1, -0.05) is 6.42 Å². The Bertz CT molecular complexity index is 175. The summed E-state index contributed by atoms with van der Waals surface area (Å²) in [6.07, 6.45) is 6.88. The molecule has 2 fully saturated rings. The van der Waals surface area contributed by atoms with Crippen molar-refractivity contribution in [3.05, 3.63) is 0 Å². The summed E-state index contributed by atoms with van der Waals surface area (Å²) in [4.78, 5) is 0. The van der Waals surface area contributed by atoms with Crippen LogP contribution in [0.1, 0.15) is 39.0 Å². The minimum atomic E-state index is 0.502. The zero-order chi connectivity index (χ0) is 9.31. The fourth-order valence-corrected chi connectivity index (χ4v) is 2.43. The largest absolute Gasteiger partial charge is 0.330 e. The molecule has 0 spiro atoms. The maximum Gasteiger partial charge on any atom is 0.0154 e. The quantitative estimate of drug-likeness (QED) is 0.691. The first-order valence-electron chi connectivity index (χ1n) is 5.69. The Hall–Kier alpha value is -0.0800. The summed E-state index contributed by atoms with van der Waals surface area (Å²) >= 11 is 0. The molecule has 0 radical (unpaired) electrons. The van der Waals surface area contributed by atoms with Gasteiger partial charge in [0, 0.05) is 5.54 Å². The van der Waals surface area contributed by atoms with E-state index in [1.165, 1.54) is 38.6 Å². The van der Waals surface area contributed by atoms with Crippen LogP contribution in [0.4, 0.5) is 0 Å². The molecule has 0 bridgehead atoms. The Morgan fingerprint density at radius 1 is 1.31 bits per heavy atom. The van der Waals surface area contributed by atoms with Gasteiger partial charge in [0.05, 0.1) is 0 Å². The number of rotatable bonds is 4. The zero-order valence-corrected chi connectivity index (χ0v) is 8.68. The molecule has 0 aromatic heterocycles. The van der Waals surface area contributed by atoms with Gasteiger partial charge >= 0.3 is 0 Å². The van der Waals surface area contributed by atoms with Gasteiger partial charge in [-0.15, -0.1) is 0 Å². The summed E-state index contributed by atoms with van der Waals surface area (Å²) in [6.45, 7) is 4.43. The van der Waals surface area contributed by atoms with Crippen molar-refractivity contribution in [2.75, 3.05) is 13.1 Å². The molecule has 13 heavy (non-hydrogen) atoms. The van der Waals surface area contributed by atoms with Crippen molar-refractivity contribution >= 4 is 0 Å². The van der Waals surface area contributed by atoms with Crippen LogP contribution in [0.25, 0.3) is 0 Å². The van der Waals surface area contributed by atoms with E-state index in [0.717, 1.165) is 18.4 Å². The average molecular weight is 182 g/mol. The Balaban J connectivity index is 1.73. The molecule has 0 aliphatic heterocycles. The van der Waals surface area contributed by atoms with Crippen LogP contribution in [0.5, 0.6) is 0 Å². The summed E-state index contributed by atoms with van der Waals surface area (Å²) in [5.41, 5.74) is 6.25. The molecule has 3 N–H and O–H groups in total. The highest BCUT2D eigenvalue weighted by Crippen LogP contribution is 2.36. The molecule has 2 aliphatic carbocycles. The molecule has 2 heteroatoms. The van der Waals surface area contributed by atoms with E-state index in [0.29, 0.717) is 5.54 Å². The predicted octanol–water partition coefficient (Wildman–Crippen LogP) is 1.50. The van der Waals surface area contributed by atoms with Crippen molar-refractivity contribution < 1.29 is 0 Å². The highest BCUT2D eigenvalue weighted by molar-refractivity contribution is 4.98. The highest BCUT2D eigenvalue weighted by Gasteiger charge is 2.38. The molecule has 0 aromatic carbocycles. The smallest absolute Gasteiger partial charge is 0.0154 e. The van der Waals surface area contributed by atoms with Gasteiger partial charge in [0.25, 0.3) is 0 Å². The van der Waals surface area contributed by atoms with E-state index in [-0.39, 0.29) is 0 Å². The standard InChI is InChI=1S/C11H22N2/c1-11(5-6-11)13-8-10-4-2-3-9(10)7-12/h9-10,13H,2-8,12H2,1H3. The second-order valence-electron chi connectivity index (χ2n) is 5.13. The molecule has 2 nitrogen and oxygen atoms in total. The SMILES string of the molecule is CC1(NCC2CCCC2CN)CC1. The van der Waals surface area contributed by atoms with Crippen molar-refractivity contribution in [3.8, 4) is 0 Å². The van der Waals surface area contributed by atoms with Gasteiger partial charge in [0.2, 0.25) is 0 Å². The summed E-state index contributed by atoms with van der Waals surface area (Å²) in [7, 11) is 0. The maximum absolute atomic E-state index is 5.75. The van der Waals surface area contributed by atoms with Gasteiger partial charge in [-0.05, 0) is 57.5 Å². The van der Waals surface area contributed by atoms with E-state index in [2.05, 4.69) is 12.2 Å². The number of nitrogens with two attached hydrogens (primary N) is 1. The third-order valence-electron chi connectivity index (χ3n) is 3.91. The zero-order valence-electron chi connectivity index (χ0n) is 8.68. The summed E-state index contributed by atoms with van der Waals surface area (Å²) in [5, 5.41) is 3.68. The topological polar surface area (TPSA) is 38.0 Å². The normalized spacial score (nSPS) is 36.5. The van der Waals surface area contributed by atoms with Crippen LogP contribution in [0, 0.1) is 11.8 Å². The van der Waals surface area contributed by atoms with Gasteiger partial charge in [-0.2, -0.15) is 0 Å². The molecule has 0 heterocycles. The lowest BCUT2D eigenvalue weighted by Crippen LogP contribution is -2.35. The van der Waals surface area contributed by atoms with Crippen molar-refractivity contribution in [1.29, 1.82) is 0 Å². The van der Waals surface area contributed by atoms with Crippen molar-refractivity contribution in [3.63, 3.8) is 0 Å². The van der Waals surface area contributed by atoms with Crippen molar-refractivity contribution in [1.82, 2.24) is 5.32 Å². The van der Waals surface area contributed by atoms with E-state index in [9.17, 15) is 0 Å².